The molecule has 7 nitrogen and oxygen atoms in total. The van der Waals surface area contributed by atoms with Gasteiger partial charge < -0.3 is 15.4 Å². The van der Waals surface area contributed by atoms with Gasteiger partial charge in [-0.1, -0.05) is 12.1 Å². The third-order valence-electron chi connectivity index (χ3n) is 3.48. The van der Waals surface area contributed by atoms with Crippen LogP contribution in [0.2, 0.25) is 0 Å². The molecule has 1 amide bonds. The van der Waals surface area contributed by atoms with Crippen molar-refractivity contribution >= 4 is 17.4 Å². The van der Waals surface area contributed by atoms with Gasteiger partial charge in [-0.05, 0) is 29.8 Å². The molecule has 25 heavy (non-hydrogen) atoms. The van der Waals surface area contributed by atoms with Crippen molar-refractivity contribution in [2.75, 3.05) is 17.7 Å². The lowest BCUT2D eigenvalue weighted by atomic mass is 10.2. The van der Waals surface area contributed by atoms with E-state index in [9.17, 15) is 4.79 Å². The number of nitrogens with zero attached hydrogens (tertiary/aromatic N) is 3. The van der Waals surface area contributed by atoms with E-state index in [1.165, 1.54) is 6.33 Å². The van der Waals surface area contributed by atoms with Gasteiger partial charge in [0, 0.05) is 25.0 Å². The lowest BCUT2D eigenvalue weighted by Gasteiger charge is -2.10. The maximum absolute atomic E-state index is 12.4. The fraction of sp³-hybridized carbons (Fsp3) is 0.111. The summed E-state index contributed by atoms with van der Waals surface area (Å²) >= 11 is 0. The predicted molar refractivity (Wildman–Crippen MR) is 94.5 cm³/mol. The number of methoxy groups -OCH3 is 1. The number of amides is 1. The van der Waals surface area contributed by atoms with Gasteiger partial charge in [-0.2, -0.15) is 0 Å². The van der Waals surface area contributed by atoms with E-state index in [2.05, 4.69) is 25.6 Å². The number of hydrogen-bond acceptors (Lipinski definition) is 6. The summed E-state index contributed by atoms with van der Waals surface area (Å²) in [5.41, 5.74) is 1.91. The number of ether oxygens (including phenoxy) is 1. The lowest BCUT2D eigenvalue weighted by molar-refractivity contribution is 0.102. The van der Waals surface area contributed by atoms with Crippen molar-refractivity contribution < 1.29 is 9.53 Å². The summed E-state index contributed by atoms with van der Waals surface area (Å²) in [6.07, 6.45) is 4.80. The van der Waals surface area contributed by atoms with Crippen molar-refractivity contribution in [3.05, 3.63) is 72.4 Å². The molecule has 0 aliphatic rings. The Morgan fingerprint density at radius 2 is 1.92 bits per heavy atom. The van der Waals surface area contributed by atoms with Gasteiger partial charge in [0.1, 0.15) is 23.6 Å². The Labute approximate surface area is 145 Å². The molecule has 3 rings (SSSR count). The summed E-state index contributed by atoms with van der Waals surface area (Å²) in [5.74, 6) is 0.816. The summed E-state index contributed by atoms with van der Waals surface area (Å²) in [6.45, 7) is 0.576. The van der Waals surface area contributed by atoms with E-state index in [-0.39, 0.29) is 11.6 Å². The molecule has 0 bridgehead atoms. The van der Waals surface area contributed by atoms with E-state index in [1.54, 1.807) is 37.7 Å². The molecule has 0 fully saturated rings. The first-order chi connectivity index (χ1) is 12.3. The standard InChI is InChI=1S/C18H17N5O2/c1-25-16-5-3-2-4-14(16)23-18(24)15-10-17(22-12-21-15)20-11-13-6-8-19-9-7-13/h2-10,12H,11H2,1H3,(H,23,24)(H,20,21,22). The topological polar surface area (TPSA) is 89.0 Å². The van der Waals surface area contributed by atoms with Gasteiger partial charge in [0.05, 0.1) is 12.8 Å². The van der Waals surface area contributed by atoms with E-state index >= 15 is 0 Å². The molecule has 0 radical (unpaired) electrons. The number of benzene rings is 1. The molecular formula is C18H17N5O2. The molecule has 2 aromatic heterocycles. The SMILES string of the molecule is COc1ccccc1NC(=O)c1cc(NCc2ccncc2)ncn1. The largest absolute Gasteiger partial charge is 0.495 e. The van der Waals surface area contributed by atoms with E-state index in [0.29, 0.717) is 23.8 Å². The van der Waals surface area contributed by atoms with Crippen LogP contribution in [0.25, 0.3) is 0 Å². The minimum atomic E-state index is -0.334. The Balaban J connectivity index is 1.69. The van der Waals surface area contributed by atoms with Crippen molar-refractivity contribution in [2.24, 2.45) is 0 Å². The average Bonchev–Trinajstić information content (AvgIpc) is 2.68. The van der Waals surface area contributed by atoms with Gasteiger partial charge in [-0.15, -0.1) is 0 Å². The van der Waals surface area contributed by atoms with Crippen LogP contribution in [0.4, 0.5) is 11.5 Å². The molecule has 0 saturated carbocycles. The molecule has 126 valence electrons. The third kappa shape index (κ3) is 4.29. The first-order valence-corrected chi connectivity index (χ1v) is 7.65. The van der Waals surface area contributed by atoms with E-state index in [4.69, 9.17) is 4.74 Å². The quantitative estimate of drug-likeness (QED) is 0.720. The minimum Gasteiger partial charge on any atom is -0.495 e. The predicted octanol–water partition coefficient (Wildman–Crippen LogP) is 2.74. The van der Waals surface area contributed by atoms with Gasteiger partial charge in [0.2, 0.25) is 0 Å². The number of hydrogen-bond donors (Lipinski definition) is 2. The summed E-state index contributed by atoms with van der Waals surface area (Å²) in [4.78, 5) is 24.6. The van der Waals surface area contributed by atoms with Gasteiger partial charge in [0.25, 0.3) is 5.91 Å². The van der Waals surface area contributed by atoms with Gasteiger partial charge >= 0.3 is 0 Å². The van der Waals surface area contributed by atoms with Crippen LogP contribution < -0.4 is 15.4 Å². The highest BCUT2D eigenvalue weighted by Gasteiger charge is 2.11. The number of para-hydroxylation sites is 2. The Hall–Kier alpha value is -3.48. The van der Waals surface area contributed by atoms with E-state index in [1.807, 2.05) is 24.3 Å². The van der Waals surface area contributed by atoms with Crippen LogP contribution in [-0.4, -0.2) is 28.0 Å². The molecule has 0 unspecified atom stereocenters. The first-order valence-electron chi connectivity index (χ1n) is 7.65. The second kappa shape index (κ2) is 7.87. The smallest absolute Gasteiger partial charge is 0.274 e. The Kier molecular flexibility index (Phi) is 5.16. The lowest BCUT2D eigenvalue weighted by Crippen LogP contribution is -2.15. The second-order valence-electron chi connectivity index (χ2n) is 5.15. The minimum absolute atomic E-state index is 0.262. The Bertz CT molecular complexity index is 855. The molecule has 0 aliphatic carbocycles. The van der Waals surface area contributed by atoms with Crippen LogP contribution in [0.1, 0.15) is 16.1 Å². The van der Waals surface area contributed by atoms with E-state index < -0.39 is 0 Å². The maximum Gasteiger partial charge on any atom is 0.274 e. The molecule has 3 aromatic rings. The number of pyridine rings is 1. The molecule has 1 aromatic carbocycles. The fourth-order valence-electron chi connectivity index (χ4n) is 2.21. The number of carbonyl (C=O) groups excluding carboxylic acids is 1. The van der Waals surface area contributed by atoms with Crippen LogP contribution in [-0.2, 0) is 6.54 Å². The number of rotatable bonds is 6. The summed E-state index contributed by atoms with van der Waals surface area (Å²) in [5, 5.41) is 5.95. The number of nitrogens with one attached hydrogen (secondary N) is 2. The monoisotopic (exact) mass is 335 g/mol. The van der Waals surface area contributed by atoms with Gasteiger partial charge in [-0.25, -0.2) is 9.97 Å². The Morgan fingerprint density at radius 1 is 1.12 bits per heavy atom. The molecule has 0 spiro atoms. The molecule has 0 atom stereocenters. The number of anilines is 2. The summed E-state index contributed by atoms with van der Waals surface area (Å²) in [6, 6.07) is 12.6. The number of aromatic nitrogens is 3. The van der Waals surface area contributed by atoms with Crippen LogP contribution in [0.15, 0.2) is 61.2 Å². The van der Waals surface area contributed by atoms with E-state index in [0.717, 1.165) is 5.56 Å². The molecule has 2 N–H and O–H groups in total. The zero-order chi connectivity index (χ0) is 17.5. The molecule has 2 heterocycles. The van der Waals surface area contributed by atoms with Crippen LogP contribution in [0.3, 0.4) is 0 Å². The van der Waals surface area contributed by atoms with Crippen molar-refractivity contribution in [3.8, 4) is 5.75 Å². The average molecular weight is 335 g/mol. The maximum atomic E-state index is 12.4. The zero-order valence-electron chi connectivity index (χ0n) is 13.6. The van der Waals surface area contributed by atoms with Gasteiger partial charge in [-0.3, -0.25) is 9.78 Å². The van der Waals surface area contributed by atoms with Gasteiger partial charge in [0.15, 0.2) is 0 Å². The van der Waals surface area contributed by atoms with Crippen molar-refractivity contribution in [1.82, 2.24) is 15.0 Å². The first kappa shape index (κ1) is 16.4. The molecular weight excluding hydrogens is 318 g/mol. The van der Waals surface area contributed by atoms with Crippen LogP contribution in [0, 0.1) is 0 Å². The molecule has 7 heteroatoms. The molecule has 0 aliphatic heterocycles. The molecule has 0 saturated heterocycles. The van der Waals surface area contributed by atoms with Crippen molar-refractivity contribution in [1.29, 1.82) is 0 Å². The highest BCUT2D eigenvalue weighted by Crippen LogP contribution is 2.23. The van der Waals surface area contributed by atoms with Crippen molar-refractivity contribution in [3.63, 3.8) is 0 Å². The van der Waals surface area contributed by atoms with Crippen LogP contribution in [0.5, 0.6) is 5.75 Å². The normalized spacial score (nSPS) is 10.1. The zero-order valence-corrected chi connectivity index (χ0v) is 13.6. The third-order valence-corrected chi connectivity index (χ3v) is 3.48. The fourth-order valence-corrected chi connectivity index (χ4v) is 2.21. The highest BCUT2D eigenvalue weighted by molar-refractivity contribution is 6.04. The van der Waals surface area contributed by atoms with Crippen molar-refractivity contribution in [2.45, 2.75) is 6.54 Å². The summed E-state index contributed by atoms with van der Waals surface area (Å²) < 4.78 is 5.23. The second-order valence-corrected chi connectivity index (χ2v) is 5.15. The van der Waals surface area contributed by atoms with Crippen LogP contribution >= 0.6 is 0 Å². The summed E-state index contributed by atoms with van der Waals surface area (Å²) in [7, 11) is 1.55. The number of carbonyl (C=O) groups is 1. The Morgan fingerprint density at radius 3 is 2.72 bits per heavy atom. The highest BCUT2D eigenvalue weighted by atomic mass is 16.5.